The van der Waals surface area contributed by atoms with Gasteiger partial charge in [-0.05, 0) is 12.5 Å². The molecule has 0 atom stereocenters. The minimum Gasteiger partial charge on any atom is -0.380 e. The zero-order valence-corrected chi connectivity index (χ0v) is 10.5. The van der Waals surface area contributed by atoms with E-state index in [4.69, 9.17) is 10.00 Å². The summed E-state index contributed by atoms with van der Waals surface area (Å²) < 4.78 is 5.43. The monoisotopic (exact) mass is 238 g/mol. The number of nitrogens with one attached hydrogen (secondary N) is 1. The van der Waals surface area contributed by atoms with E-state index < -0.39 is 0 Å². The van der Waals surface area contributed by atoms with Crippen LogP contribution in [0, 0.1) is 11.3 Å². The predicted molar refractivity (Wildman–Crippen MR) is 66.5 cm³/mol. The van der Waals surface area contributed by atoms with E-state index in [1.165, 1.54) is 11.3 Å². The first-order valence-electron chi connectivity index (χ1n) is 5.62. The number of nitriles is 1. The van der Waals surface area contributed by atoms with Crippen LogP contribution in [0.5, 0.6) is 0 Å². The minimum atomic E-state index is 0.751. The highest BCUT2D eigenvalue weighted by molar-refractivity contribution is 7.10. The second-order valence-corrected chi connectivity index (χ2v) is 4.55. The lowest BCUT2D eigenvalue weighted by molar-refractivity contribution is 0.133. The molecule has 0 saturated heterocycles. The third kappa shape index (κ3) is 5.26. The van der Waals surface area contributed by atoms with Gasteiger partial charge in [-0.15, -0.1) is 11.3 Å². The number of thiophene rings is 1. The van der Waals surface area contributed by atoms with Crippen molar-refractivity contribution in [2.24, 2.45) is 0 Å². The molecule has 0 aromatic carbocycles. The van der Waals surface area contributed by atoms with E-state index in [2.05, 4.69) is 18.3 Å². The van der Waals surface area contributed by atoms with Gasteiger partial charge in [-0.3, -0.25) is 0 Å². The highest BCUT2D eigenvalue weighted by Gasteiger charge is 1.97. The van der Waals surface area contributed by atoms with Crippen LogP contribution in [0.2, 0.25) is 0 Å². The Bertz CT molecular complexity index is 330. The van der Waals surface area contributed by atoms with Gasteiger partial charge >= 0.3 is 0 Å². The lowest BCUT2D eigenvalue weighted by Crippen LogP contribution is -2.18. The van der Waals surface area contributed by atoms with E-state index in [0.717, 1.165) is 38.3 Å². The summed E-state index contributed by atoms with van der Waals surface area (Å²) in [5.74, 6) is 0. The average Bonchev–Trinajstić information content (AvgIpc) is 2.76. The third-order valence-corrected chi connectivity index (χ3v) is 3.08. The van der Waals surface area contributed by atoms with Crippen molar-refractivity contribution in [1.29, 1.82) is 5.26 Å². The van der Waals surface area contributed by atoms with Crippen LogP contribution in [0.15, 0.2) is 11.4 Å². The first-order chi connectivity index (χ1) is 7.86. The molecule has 4 heteroatoms. The number of hydrogen-bond donors (Lipinski definition) is 1. The van der Waals surface area contributed by atoms with Crippen LogP contribution < -0.4 is 5.32 Å². The number of hydrogen-bond acceptors (Lipinski definition) is 4. The molecule has 0 bridgehead atoms. The second kappa shape index (κ2) is 8.28. The molecule has 1 N–H and O–H groups in total. The SMILES string of the molecule is CCCCOCCNCc1cc(C#N)cs1. The summed E-state index contributed by atoms with van der Waals surface area (Å²) in [7, 11) is 0. The maximum atomic E-state index is 8.66. The number of unbranched alkanes of at least 4 members (excludes halogenated alkanes) is 1. The van der Waals surface area contributed by atoms with Crippen LogP contribution in [0.3, 0.4) is 0 Å². The van der Waals surface area contributed by atoms with Gasteiger partial charge < -0.3 is 10.1 Å². The van der Waals surface area contributed by atoms with Gasteiger partial charge in [0, 0.05) is 30.0 Å². The van der Waals surface area contributed by atoms with Gasteiger partial charge in [-0.1, -0.05) is 13.3 Å². The summed E-state index contributed by atoms with van der Waals surface area (Å²) in [6.07, 6.45) is 2.32. The Morgan fingerprint density at radius 2 is 2.38 bits per heavy atom. The Balaban J connectivity index is 2.01. The molecule has 1 rings (SSSR count). The van der Waals surface area contributed by atoms with Crippen molar-refractivity contribution in [1.82, 2.24) is 5.32 Å². The van der Waals surface area contributed by atoms with E-state index in [-0.39, 0.29) is 0 Å². The first kappa shape index (κ1) is 13.2. The van der Waals surface area contributed by atoms with E-state index in [1.807, 2.05) is 11.4 Å². The quantitative estimate of drug-likeness (QED) is 0.708. The number of ether oxygens (including phenoxy) is 1. The molecule has 3 nitrogen and oxygen atoms in total. The van der Waals surface area contributed by atoms with Crippen LogP contribution in [0.4, 0.5) is 0 Å². The van der Waals surface area contributed by atoms with Gasteiger partial charge in [0.1, 0.15) is 6.07 Å². The Morgan fingerprint density at radius 1 is 1.50 bits per heavy atom. The number of nitrogens with zero attached hydrogens (tertiary/aromatic N) is 1. The number of rotatable bonds is 8. The molecule has 0 aliphatic rings. The Labute approximate surface area is 101 Å². The molecule has 1 aromatic heterocycles. The molecule has 0 radical (unpaired) electrons. The van der Waals surface area contributed by atoms with Crippen molar-refractivity contribution in [3.63, 3.8) is 0 Å². The van der Waals surface area contributed by atoms with Crippen molar-refractivity contribution in [2.75, 3.05) is 19.8 Å². The molecular weight excluding hydrogens is 220 g/mol. The average molecular weight is 238 g/mol. The van der Waals surface area contributed by atoms with Crippen LogP contribution in [0.1, 0.15) is 30.2 Å². The highest BCUT2D eigenvalue weighted by Crippen LogP contribution is 2.12. The Morgan fingerprint density at radius 3 is 3.06 bits per heavy atom. The van der Waals surface area contributed by atoms with Gasteiger partial charge in [-0.2, -0.15) is 5.26 Å². The summed E-state index contributed by atoms with van der Waals surface area (Å²) in [5.41, 5.74) is 0.751. The van der Waals surface area contributed by atoms with Crippen molar-refractivity contribution in [3.8, 4) is 6.07 Å². The van der Waals surface area contributed by atoms with Gasteiger partial charge in [0.05, 0.1) is 12.2 Å². The fraction of sp³-hybridized carbons (Fsp3) is 0.583. The van der Waals surface area contributed by atoms with E-state index in [0.29, 0.717) is 0 Å². The molecule has 0 fully saturated rings. The summed E-state index contributed by atoms with van der Waals surface area (Å²) in [5, 5.41) is 13.8. The molecular formula is C12H18N2OS. The van der Waals surface area contributed by atoms with Gasteiger partial charge in [0.25, 0.3) is 0 Å². The molecule has 0 amide bonds. The van der Waals surface area contributed by atoms with E-state index >= 15 is 0 Å². The standard InChI is InChI=1S/C12H18N2OS/c1-2-3-5-15-6-4-14-9-12-7-11(8-13)10-16-12/h7,10,14H,2-6,9H2,1H3. The molecule has 0 aliphatic carbocycles. The normalized spacial score (nSPS) is 10.2. The van der Waals surface area contributed by atoms with Crippen molar-refractivity contribution in [3.05, 3.63) is 21.9 Å². The molecule has 0 spiro atoms. The fourth-order valence-electron chi connectivity index (χ4n) is 1.24. The lowest BCUT2D eigenvalue weighted by Gasteiger charge is -2.04. The molecule has 0 aliphatic heterocycles. The topological polar surface area (TPSA) is 45.0 Å². The maximum Gasteiger partial charge on any atom is 0.100 e. The summed E-state index contributed by atoms with van der Waals surface area (Å²) in [4.78, 5) is 1.20. The predicted octanol–water partition coefficient (Wildman–Crippen LogP) is 2.53. The van der Waals surface area contributed by atoms with Gasteiger partial charge in [0.15, 0.2) is 0 Å². The first-order valence-corrected chi connectivity index (χ1v) is 6.50. The third-order valence-electron chi connectivity index (χ3n) is 2.15. The Hall–Kier alpha value is -0.890. The second-order valence-electron chi connectivity index (χ2n) is 3.56. The fourth-order valence-corrected chi connectivity index (χ4v) is 2.02. The highest BCUT2D eigenvalue weighted by atomic mass is 32.1. The van der Waals surface area contributed by atoms with Crippen molar-refractivity contribution < 1.29 is 4.74 Å². The molecule has 88 valence electrons. The summed E-state index contributed by atoms with van der Waals surface area (Å²) in [6.45, 7) is 5.46. The largest absolute Gasteiger partial charge is 0.380 e. The van der Waals surface area contributed by atoms with Crippen LogP contribution >= 0.6 is 11.3 Å². The smallest absolute Gasteiger partial charge is 0.100 e. The van der Waals surface area contributed by atoms with Gasteiger partial charge in [-0.25, -0.2) is 0 Å². The van der Waals surface area contributed by atoms with Crippen molar-refractivity contribution in [2.45, 2.75) is 26.3 Å². The molecule has 1 aromatic rings. The Kier molecular flexibility index (Phi) is 6.82. The van der Waals surface area contributed by atoms with Crippen LogP contribution in [0.25, 0.3) is 0 Å². The zero-order valence-electron chi connectivity index (χ0n) is 9.66. The minimum absolute atomic E-state index is 0.751. The molecule has 0 saturated carbocycles. The van der Waals surface area contributed by atoms with E-state index in [9.17, 15) is 0 Å². The van der Waals surface area contributed by atoms with Crippen LogP contribution in [-0.2, 0) is 11.3 Å². The lowest BCUT2D eigenvalue weighted by atomic mass is 10.3. The van der Waals surface area contributed by atoms with E-state index in [1.54, 1.807) is 11.3 Å². The van der Waals surface area contributed by atoms with Crippen molar-refractivity contribution >= 4 is 11.3 Å². The van der Waals surface area contributed by atoms with Crippen LogP contribution in [-0.4, -0.2) is 19.8 Å². The molecule has 0 unspecified atom stereocenters. The zero-order chi connectivity index (χ0) is 11.6. The molecule has 16 heavy (non-hydrogen) atoms. The summed E-state index contributed by atoms with van der Waals surface area (Å²) in [6, 6.07) is 4.06. The van der Waals surface area contributed by atoms with Gasteiger partial charge in [0.2, 0.25) is 0 Å². The molecule has 1 heterocycles. The maximum absolute atomic E-state index is 8.66. The summed E-state index contributed by atoms with van der Waals surface area (Å²) >= 11 is 1.62.